The van der Waals surface area contributed by atoms with Crippen LogP contribution in [-0.4, -0.2) is 33.0 Å². The molecule has 20 heavy (non-hydrogen) atoms. The van der Waals surface area contributed by atoms with Crippen molar-refractivity contribution >= 4 is 50.2 Å². The molecule has 1 aromatic carbocycles. The summed E-state index contributed by atoms with van der Waals surface area (Å²) in [6.07, 6.45) is 0. The molecule has 0 aliphatic carbocycles. The molecular weight excluding hydrogens is 370 g/mol. The zero-order valence-electron chi connectivity index (χ0n) is 10.6. The van der Waals surface area contributed by atoms with E-state index in [2.05, 4.69) is 21.2 Å². The Kier molecular flexibility index (Phi) is 6.64. The van der Waals surface area contributed by atoms with E-state index in [0.29, 0.717) is 10.6 Å². The van der Waals surface area contributed by atoms with Crippen LogP contribution < -0.4 is 5.32 Å². The molecule has 0 aliphatic rings. The molecule has 110 valence electrons. The maximum absolute atomic E-state index is 12.0. The summed E-state index contributed by atoms with van der Waals surface area (Å²) in [6.45, 7) is 1.21. The summed E-state index contributed by atoms with van der Waals surface area (Å²) in [5.41, 5.74) is 0.667. The van der Waals surface area contributed by atoms with Crippen LogP contribution in [0.4, 0.5) is 0 Å². The first kappa shape index (κ1) is 17.1. The second-order valence-electron chi connectivity index (χ2n) is 4.08. The monoisotopic (exact) mass is 381 g/mol. The van der Waals surface area contributed by atoms with Crippen molar-refractivity contribution in [1.82, 2.24) is 5.32 Å². The smallest absolute Gasteiger partial charge is 0.327 e. The lowest BCUT2D eigenvalue weighted by molar-refractivity contribution is -0.140. The molecule has 8 heteroatoms. The lowest BCUT2D eigenvalue weighted by Crippen LogP contribution is -2.43. The summed E-state index contributed by atoms with van der Waals surface area (Å²) in [5, 5.41) is 11.7. The Labute approximate surface area is 132 Å². The molecule has 0 bridgehead atoms. The van der Waals surface area contributed by atoms with Crippen LogP contribution in [-0.2, 0) is 26.1 Å². The fourth-order valence-electron chi connectivity index (χ4n) is 1.48. The number of aliphatic carboxylic acids is 1. The molecule has 2 N–H and O–H groups in total. The third kappa shape index (κ3) is 5.60. The quantitative estimate of drug-likeness (QED) is 0.787. The van der Waals surface area contributed by atoms with E-state index in [4.69, 9.17) is 16.7 Å². The van der Waals surface area contributed by atoms with Crippen LogP contribution in [0.1, 0.15) is 12.5 Å². The van der Waals surface area contributed by atoms with E-state index >= 15 is 0 Å². The topological polar surface area (TPSA) is 83.5 Å². The summed E-state index contributed by atoms with van der Waals surface area (Å²) in [4.78, 5) is 21.8. The number of carboxylic acids is 1. The molecular formula is C12H13BrClNO4S. The highest BCUT2D eigenvalue weighted by Gasteiger charge is 2.21. The highest BCUT2D eigenvalue weighted by atomic mass is 79.9. The SMILES string of the molecule is CC(=O)N[C@@H](CS(=O)Cc1ccc(Br)cc1Cl)C(=O)O. The van der Waals surface area contributed by atoms with Crippen LogP contribution in [0.25, 0.3) is 0 Å². The normalized spacial score (nSPS) is 13.6. The number of hydrogen-bond donors (Lipinski definition) is 2. The van der Waals surface area contributed by atoms with Crippen LogP contribution in [0.3, 0.4) is 0 Å². The van der Waals surface area contributed by atoms with Crippen LogP contribution in [0, 0.1) is 0 Å². The van der Waals surface area contributed by atoms with Gasteiger partial charge in [-0.3, -0.25) is 9.00 Å². The average molecular weight is 383 g/mol. The maximum atomic E-state index is 12.0. The van der Waals surface area contributed by atoms with Crippen LogP contribution in [0.15, 0.2) is 22.7 Å². The van der Waals surface area contributed by atoms with E-state index in [1.54, 1.807) is 18.2 Å². The molecule has 0 aliphatic heterocycles. The van der Waals surface area contributed by atoms with Crippen LogP contribution in [0.5, 0.6) is 0 Å². The molecule has 1 aromatic rings. The highest BCUT2D eigenvalue weighted by molar-refractivity contribution is 9.10. The molecule has 5 nitrogen and oxygen atoms in total. The van der Waals surface area contributed by atoms with E-state index < -0.39 is 28.7 Å². The zero-order valence-corrected chi connectivity index (χ0v) is 13.7. The molecule has 0 saturated carbocycles. The van der Waals surface area contributed by atoms with Gasteiger partial charge in [0.2, 0.25) is 5.91 Å². The number of carbonyl (C=O) groups excluding carboxylic acids is 1. The number of halogens is 2. The minimum atomic E-state index is -1.45. The molecule has 2 atom stereocenters. The van der Waals surface area contributed by atoms with Gasteiger partial charge in [0.1, 0.15) is 6.04 Å². The van der Waals surface area contributed by atoms with E-state index in [9.17, 15) is 13.8 Å². The number of amides is 1. The van der Waals surface area contributed by atoms with E-state index in [1.165, 1.54) is 6.92 Å². The highest BCUT2D eigenvalue weighted by Crippen LogP contribution is 2.22. The van der Waals surface area contributed by atoms with Crippen molar-refractivity contribution in [3.63, 3.8) is 0 Å². The standard InChI is InChI=1S/C12H13BrClNO4S/c1-7(16)15-11(12(17)18)6-20(19)5-8-2-3-9(13)4-10(8)14/h2-4,11H,5-6H2,1H3,(H,15,16)(H,17,18)/t11-,20?/m0/s1. The summed E-state index contributed by atoms with van der Waals surface area (Å²) < 4.78 is 12.8. The van der Waals surface area contributed by atoms with Gasteiger partial charge in [0.25, 0.3) is 0 Å². The molecule has 0 fully saturated rings. The van der Waals surface area contributed by atoms with Gasteiger partial charge in [-0.15, -0.1) is 0 Å². The van der Waals surface area contributed by atoms with Gasteiger partial charge in [0.05, 0.1) is 11.5 Å². The van der Waals surface area contributed by atoms with Gasteiger partial charge in [0.15, 0.2) is 0 Å². The third-order valence-corrected chi connectivity index (χ3v) is 4.54. The fourth-order valence-corrected chi connectivity index (χ4v) is 3.61. The molecule has 1 rings (SSSR count). The number of carbonyl (C=O) groups is 2. The summed E-state index contributed by atoms with van der Waals surface area (Å²) >= 11 is 9.27. The third-order valence-electron chi connectivity index (χ3n) is 2.36. The van der Waals surface area contributed by atoms with Gasteiger partial charge < -0.3 is 10.4 Å². The van der Waals surface area contributed by atoms with Gasteiger partial charge >= 0.3 is 5.97 Å². The van der Waals surface area contributed by atoms with Crippen molar-refractivity contribution in [2.24, 2.45) is 0 Å². The number of carboxylic acid groups (broad SMARTS) is 1. The van der Waals surface area contributed by atoms with E-state index in [0.717, 1.165) is 4.47 Å². The molecule has 1 unspecified atom stereocenters. The van der Waals surface area contributed by atoms with Crippen molar-refractivity contribution < 1.29 is 18.9 Å². The van der Waals surface area contributed by atoms with Crippen molar-refractivity contribution in [3.8, 4) is 0 Å². The lowest BCUT2D eigenvalue weighted by atomic mass is 10.2. The Balaban J connectivity index is 2.70. The Morgan fingerprint density at radius 1 is 1.50 bits per heavy atom. The second-order valence-corrected chi connectivity index (χ2v) is 6.90. The number of nitrogens with one attached hydrogen (secondary N) is 1. The molecule has 0 aromatic heterocycles. The van der Waals surface area contributed by atoms with Gasteiger partial charge in [-0.2, -0.15) is 0 Å². The number of benzene rings is 1. The first-order valence-electron chi connectivity index (χ1n) is 5.58. The Hall–Kier alpha value is -0.920. The molecule has 0 radical (unpaired) electrons. The predicted molar refractivity (Wildman–Crippen MR) is 81.1 cm³/mol. The first-order chi connectivity index (χ1) is 9.29. The molecule has 0 spiro atoms. The van der Waals surface area contributed by atoms with Crippen molar-refractivity contribution in [2.75, 3.05) is 5.75 Å². The Bertz CT molecular complexity index is 552. The van der Waals surface area contributed by atoms with Gasteiger partial charge in [-0.25, -0.2) is 4.79 Å². The molecule has 1 amide bonds. The van der Waals surface area contributed by atoms with E-state index in [-0.39, 0.29) is 11.5 Å². The zero-order chi connectivity index (χ0) is 15.3. The number of hydrogen-bond acceptors (Lipinski definition) is 3. The largest absolute Gasteiger partial charge is 0.480 e. The lowest BCUT2D eigenvalue weighted by Gasteiger charge is -2.13. The second kappa shape index (κ2) is 7.75. The summed E-state index contributed by atoms with van der Waals surface area (Å²) in [6, 6.07) is 4.00. The predicted octanol–water partition coefficient (Wildman–Crippen LogP) is 1.94. The van der Waals surface area contributed by atoms with Crippen LogP contribution >= 0.6 is 27.5 Å². The van der Waals surface area contributed by atoms with Gasteiger partial charge in [0, 0.05) is 27.2 Å². The van der Waals surface area contributed by atoms with E-state index in [1.807, 2.05) is 0 Å². The minimum Gasteiger partial charge on any atom is -0.480 e. The Morgan fingerprint density at radius 3 is 2.65 bits per heavy atom. The van der Waals surface area contributed by atoms with Crippen molar-refractivity contribution in [3.05, 3.63) is 33.3 Å². The number of rotatable bonds is 6. The van der Waals surface area contributed by atoms with Crippen molar-refractivity contribution in [1.29, 1.82) is 0 Å². The fraction of sp³-hybridized carbons (Fsp3) is 0.333. The van der Waals surface area contributed by atoms with Crippen molar-refractivity contribution in [2.45, 2.75) is 18.7 Å². The summed E-state index contributed by atoms with van der Waals surface area (Å²) in [5.74, 6) is -1.72. The van der Waals surface area contributed by atoms with Gasteiger partial charge in [-0.05, 0) is 17.7 Å². The van der Waals surface area contributed by atoms with Gasteiger partial charge in [-0.1, -0.05) is 33.6 Å². The molecule has 0 saturated heterocycles. The first-order valence-corrected chi connectivity index (χ1v) is 8.24. The maximum Gasteiger partial charge on any atom is 0.327 e. The van der Waals surface area contributed by atoms with Crippen LogP contribution in [0.2, 0.25) is 5.02 Å². The Morgan fingerprint density at radius 2 is 2.15 bits per heavy atom. The summed E-state index contributed by atoms with van der Waals surface area (Å²) in [7, 11) is -1.45. The molecule has 0 heterocycles. The minimum absolute atomic E-state index is 0.134. The average Bonchev–Trinajstić information content (AvgIpc) is 2.31.